The zero-order chi connectivity index (χ0) is 18.4. The number of rotatable bonds is 4. The van der Waals surface area contributed by atoms with E-state index in [0.29, 0.717) is 10.0 Å². The number of hydrogen-bond donors (Lipinski definition) is 2. The predicted octanol–water partition coefficient (Wildman–Crippen LogP) is 4.09. The fourth-order valence-corrected chi connectivity index (χ4v) is 4.19. The van der Waals surface area contributed by atoms with E-state index in [2.05, 4.69) is 0 Å². The first-order valence-electron chi connectivity index (χ1n) is 7.86. The highest BCUT2D eigenvalue weighted by atomic mass is 35.5. The molecule has 134 valence electrons. The van der Waals surface area contributed by atoms with E-state index in [1.807, 2.05) is 28.8 Å². The molecule has 0 spiro atoms. The van der Waals surface area contributed by atoms with Crippen LogP contribution >= 0.6 is 34.5 Å². The summed E-state index contributed by atoms with van der Waals surface area (Å²) in [6.07, 6.45) is -0.863. The third kappa shape index (κ3) is 2.99. The van der Waals surface area contributed by atoms with Crippen LogP contribution in [0.15, 0.2) is 46.6 Å². The van der Waals surface area contributed by atoms with Gasteiger partial charge >= 0.3 is 4.87 Å². The van der Waals surface area contributed by atoms with Gasteiger partial charge in [0.2, 0.25) is 5.88 Å². The van der Waals surface area contributed by atoms with Gasteiger partial charge in [-0.25, -0.2) is 0 Å². The van der Waals surface area contributed by atoms with Crippen LogP contribution in [0.5, 0.6) is 5.88 Å². The van der Waals surface area contributed by atoms with Gasteiger partial charge in [-0.2, -0.15) is 0 Å². The molecule has 5 nitrogen and oxygen atoms in total. The molecule has 4 aromatic rings. The van der Waals surface area contributed by atoms with Crippen molar-refractivity contribution in [3.8, 4) is 5.88 Å². The summed E-state index contributed by atoms with van der Waals surface area (Å²) in [6, 6.07) is 11.1. The monoisotopic (exact) mass is 408 g/mol. The standard InChI is InChI=1S/C18H14Cl2N2O3S/c19-10-1-3-15-13(5-10)14-6-11(20)2-4-16(14)21(15)7-12(23)8-22-17(24)9-26-18(22)25/h1-6,9,12,23-24H,7-8H2. The van der Waals surface area contributed by atoms with E-state index in [4.69, 9.17) is 23.2 Å². The van der Waals surface area contributed by atoms with E-state index >= 15 is 0 Å². The zero-order valence-electron chi connectivity index (χ0n) is 13.4. The summed E-state index contributed by atoms with van der Waals surface area (Å²) in [5.41, 5.74) is 1.82. The SMILES string of the molecule is O=c1scc(O)n1CC(O)Cn1c2ccc(Cl)cc2c2cc(Cl)ccc21. The third-order valence-electron chi connectivity index (χ3n) is 4.34. The minimum absolute atomic E-state index is 0.0104. The van der Waals surface area contributed by atoms with E-state index in [0.717, 1.165) is 37.7 Å². The van der Waals surface area contributed by atoms with Gasteiger partial charge in [-0.15, -0.1) is 0 Å². The predicted molar refractivity (Wildman–Crippen MR) is 106 cm³/mol. The lowest BCUT2D eigenvalue weighted by molar-refractivity contribution is 0.133. The number of hydrogen-bond acceptors (Lipinski definition) is 4. The van der Waals surface area contributed by atoms with Crippen molar-refractivity contribution in [3.63, 3.8) is 0 Å². The molecule has 0 aliphatic carbocycles. The molecule has 2 N–H and O–H groups in total. The first-order valence-corrected chi connectivity index (χ1v) is 9.50. The normalized spacial score (nSPS) is 12.9. The molecule has 8 heteroatoms. The topological polar surface area (TPSA) is 67.4 Å². The summed E-state index contributed by atoms with van der Waals surface area (Å²) < 4.78 is 3.13. The Morgan fingerprint density at radius 2 is 1.50 bits per heavy atom. The van der Waals surface area contributed by atoms with Crippen LogP contribution in [-0.2, 0) is 13.1 Å². The average molecular weight is 409 g/mol. The Hall–Kier alpha value is -1.99. The number of fused-ring (bicyclic) bond motifs is 3. The van der Waals surface area contributed by atoms with Crippen molar-refractivity contribution >= 4 is 56.3 Å². The minimum atomic E-state index is -0.863. The number of halogens is 2. The van der Waals surface area contributed by atoms with Gasteiger partial charge in [0, 0.05) is 31.9 Å². The molecule has 0 saturated heterocycles. The van der Waals surface area contributed by atoms with Gasteiger partial charge in [-0.3, -0.25) is 9.36 Å². The van der Waals surface area contributed by atoms with E-state index in [9.17, 15) is 15.0 Å². The molecule has 0 fully saturated rings. The molecular weight excluding hydrogens is 395 g/mol. The molecule has 0 radical (unpaired) electrons. The Kier molecular flexibility index (Phi) is 4.44. The van der Waals surface area contributed by atoms with Gasteiger partial charge in [0.15, 0.2) is 0 Å². The van der Waals surface area contributed by atoms with E-state index in [1.54, 1.807) is 12.1 Å². The number of aromatic hydroxyl groups is 1. The van der Waals surface area contributed by atoms with Crippen molar-refractivity contribution in [1.29, 1.82) is 0 Å². The summed E-state index contributed by atoms with van der Waals surface area (Å²) in [4.78, 5) is 11.4. The largest absolute Gasteiger partial charge is 0.494 e. The lowest BCUT2D eigenvalue weighted by Gasteiger charge is -2.14. The first-order chi connectivity index (χ1) is 12.4. The van der Waals surface area contributed by atoms with Crippen LogP contribution in [0.25, 0.3) is 21.8 Å². The molecule has 0 aliphatic rings. The maximum atomic E-state index is 11.8. The highest BCUT2D eigenvalue weighted by molar-refractivity contribution is 7.07. The molecular formula is C18H14Cl2N2O3S. The molecule has 2 aromatic carbocycles. The number of aliphatic hydroxyl groups excluding tert-OH is 1. The van der Waals surface area contributed by atoms with Crippen LogP contribution < -0.4 is 4.87 Å². The van der Waals surface area contributed by atoms with Crippen LogP contribution in [-0.4, -0.2) is 25.5 Å². The second kappa shape index (κ2) is 6.63. The van der Waals surface area contributed by atoms with Crippen molar-refractivity contribution in [1.82, 2.24) is 9.13 Å². The summed E-state index contributed by atoms with van der Waals surface area (Å²) in [5, 5.41) is 24.7. The molecule has 2 aromatic heterocycles. The molecule has 1 unspecified atom stereocenters. The molecule has 0 bridgehead atoms. The minimum Gasteiger partial charge on any atom is -0.494 e. The molecule has 26 heavy (non-hydrogen) atoms. The summed E-state index contributed by atoms with van der Waals surface area (Å²) in [7, 11) is 0. The smallest absolute Gasteiger partial charge is 0.310 e. The Morgan fingerprint density at radius 1 is 0.962 bits per heavy atom. The molecule has 2 heterocycles. The Morgan fingerprint density at radius 3 is 2.00 bits per heavy atom. The van der Waals surface area contributed by atoms with E-state index < -0.39 is 6.10 Å². The number of nitrogens with zero attached hydrogens (tertiary/aromatic N) is 2. The fraction of sp³-hybridized carbons (Fsp3) is 0.167. The van der Waals surface area contributed by atoms with Crippen molar-refractivity contribution in [2.24, 2.45) is 0 Å². The van der Waals surface area contributed by atoms with Gasteiger partial charge in [0.05, 0.1) is 24.6 Å². The van der Waals surface area contributed by atoms with Crippen molar-refractivity contribution in [2.75, 3.05) is 0 Å². The summed E-state index contributed by atoms with van der Waals surface area (Å²) >= 11 is 13.2. The maximum absolute atomic E-state index is 11.8. The Bertz CT molecular complexity index is 1120. The van der Waals surface area contributed by atoms with Crippen molar-refractivity contribution < 1.29 is 10.2 Å². The highest BCUT2D eigenvalue weighted by Crippen LogP contribution is 2.33. The van der Waals surface area contributed by atoms with Crippen molar-refractivity contribution in [3.05, 3.63) is 61.5 Å². The van der Waals surface area contributed by atoms with Gasteiger partial charge in [-0.1, -0.05) is 34.5 Å². The van der Waals surface area contributed by atoms with Gasteiger partial charge in [-0.05, 0) is 36.4 Å². The molecule has 4 rings (SSSR count). The Balaban J connectivity index is 1.79. The second-order valence-electron chi connectivity index (χ2n) is 6.06. The summed E-state index contributed by atoms with van der Waals surface area (Å²) in [5.74, 6) is -0.139. The van der Waals surface area contributed by atoms with Gasteiger partial charge in [0.25, 0.3) is 0 Å². The maximum Gasteiger partial charge on any atom is 0.310 e. The van der Waals surface area contributed by atoms with Crippen LogP contribution in [0.3, 0.4) is 0 Å². The number of aliphatic hydroxyl groups is 1. The second-order valence-corrected chi connectivity index (χ2v) is 7.75. The fourth-order valence-electron chi connectivity index (χ4n) is 3.22. The average Bonchev–Trinajstić information content (AvgIpc) is 3.07. The van der Waals surface area contributed by atoms with E-state index in [1.165, 1.54) is 5.38 Å². The van der Waals surface area contributed by atoms with Crippen LogP contribution in [0.4, 0.5) is 0 Å². The van der Waals surface area contributed by atoms with Crippen molar-refractivity contribution in [2.45, 2.75) is 19.2 Å². The Labute approximate surface area is 162 Å². The molecule has 1 atom stereocenters. The van der Waals surface area contributed by atoms with Gasteiger partial charge < -0.3 is 14.8 Å². The van der Waals surface area contributed by atoms with Crippen LogP contribution in [0.1, 0.15) is 0 Å². The van der Waals surface area contributed by atoms with E-state index in [-0.39, 0.29) is 23.8 Å². The number of benzene rings is 2. The zero-order valence-corrected chi connectivity index (χ0v) is 15.7. The highest BCUT2D eigenvalue weighted by Gasteiger charge is 2.17. The molecule has 0 amide bonds. The summed E-state index contributed by atoms with van der Waals surface area (Å²) in [6.45, 7) is 0.265. The quantitative estimate of drug-likeness (QED) is 0.534. The number of aromatic nitrogens is 2. The number of thiazole rings is 1. The van der Waals surface area contributed by atoms with Crippen LogP contribution in [0.2, 0.25) is 10.0 Å². The molecule has 0 aliphatic heterocycles. The molecule has 0 saturated carbocycles. The third-order valence-corrected chi connectivity index (χ3v) is 5.56. The first kappa shape index (κ1) is 17.4. The van der Waals surface area contributed by atoms with Crippen LogP contribution in [0, 0.1) is 0 Å². The lowest BCUT2D eigenvalue weighted by atomic mass is 10.1. The van der Waals surface area contributed by atoms with Gasteiger partial charge in [0.1, 0.15) is 0 Å². The lowest BCUT2D eigenvalue weighted by Crippen LogP contribution is -2.26.